The number of likely N-dealkylation sites (N-methyl/N-ethyl adjacent to an activating group) is 1. The minimum absolute atomic E-state index is 0.0742. The monoisotopic (exact) mass is 632 g/mol. The summed E-state index contributed by atoms with van der Waals surface area (Å²) >= 11 is 0. The molecular weight excluding hydrogens is 588 g/mol. The number of rotatable bonds is 15. The van der Waals surface area contributed by atoms with Crippen LogP contribution in [-0.4, -0.2) is 47.3 Å². The molecule has 1 atom stereocenters. The van der Waals surface area contributed by atoms with Crippen LogP contribution in [0.4, 0.5) is 5.88 Å². The molecule has 4 aromatic rings. The van der Waals surface area contributed by atoms with Crippen LogP contribution in [-0.2, 0) is 27.9 Å². The summed E-state index contributed by atoms with van der Waals surface area (Å²) in [7, 11) is -2.21. The van der Waals surface area contributed by atoms with Gasteiger partial charge in [-0.1, -0.05) is 75.3 Å². The van der Waals surface area contributed by atoms with Crippen molar-refractivity contribution in [2.24, 2.45) is 5.92 Å². The quantitative estimate of drug-likeness (QED) is 0.158. The molecule has 1 unspecified atom stereocenters. The Balaban J connectivity index is 1.79. The zero-order valence-corrected chi connectivity index (χ0v) is 27.8. The molecule has 0 saturated carbocycles. The van der Waals surface area contributed by atoms with E-state index >= 15 is 0 Å². The first kappa shape index (κ1) is 33.5. The Hall–Kier alpha value is -4.38. The van der Waals surface area contributed by atoms with E-state index in [4.69, 9.17) is 4.52 Å². The van der Waals surface area contributed by atoms with E-state index in [9.17, 15) is 13.2 Å². The maximum Gasteiger partial charge on any atom is 0.264 e. The fourth-order valence-corrected chi connectivity index (χ4v) is 6.70. The molecule has 2 aromatic carbocycles. The van der Waals surface area contributed by atoms with Crippen molar-refractivity contribution in [3.63, 3.8) is 0 Å². The molecule has 0 radical (unpaired) electrons. The number of benzene rings is 2. The topological polar surface area (TPSA) is 122 Å². The van der Waals surface area contributed by atoms with Gasteiger partial charge in [0.2, 0.25) is 11.8 Å². The van der Waals surface area contributed by atoms with Crippen LogP contribution in [0.25, 0.3) is 11.1 Å². The van der Waals surface area contributed by atoms with Crippen molar-refractivity contribution in [2.75, 3.05) is 11.8 Å². The average molecular weight is 633 g/mol. The number of amides is 1. The molecule has 0 bridgehead atoms. The normalized spacial score (nSPS) is 12.2. The van der Waals surface area contributed by atoms with Crippen molar-refractivity contribution in [2.45, 2.75) is 77.9 Å². The number of nitrogens with one attached hydrogen (secondary N) is 2. The largest absolute Gasteiger partial charge is 0.390 e. The van der Waals surface area contributed by atoms with Gasteiger partial charge in [0, 0.05) is 49.2 Å². The Morgan fingerprint density at radius 1 is 1.11 bits per heavy atom. The highest BCUT2D eigenvalue weighted by molar-refractivity contribution is 7.92. The third-order valence-corrected chi connectivity index (χ3v) is 9.36. The van der Waals surface area contributed by atoms with E-state index in [2.05, 4.69) is 47.6 Å². The van der Waals surface area contributed by atoms with Crippen molar-refractivity contribution in [1.82, 2.24) is 25.2 Å². The van der Waals surface area contributed by atoms with Crippen LogP contribution in [0, 0.1) is 19.8 Å². The van der Waals surface area contributed by atoms with Crippen molar-refractivity contribution in [3.8, 4) is 11.1 Å². The lowest BCUT2D eigenvalue weighted by Gasteiger charge is -2.36. The summed E-state index contributed by atoms with van der Waals surface area (Å²) < 4.78 is 37.1. The lowest BCUT2D eigenvalue weighted by atomic mass is 9.95. The highest BCUT2D eigenvalue weighted by Crippen LogP contribution is 2.34. The molecule has 0 aliphatic rings. The minimum Gasteiger partial charge on any atom is -0.390 e. The fourth-order valence-electron chi connectivity index (χ4n) is 5.43. The molecule has 0 fully saturated rings. The summed E-state index contributed by atoms with van der Waals surface area (Å²) in [6, 6.07) is 14.4. The van der Waals surface area contributed by atoms with Gasteiger partial charge in [0.25, 0.3) is 10.0 Å². The van der Waals surface area contributed by atoms with Crippen molar-refractivity contribution >= 4 is 21.8 Å². The van der Waals surface area contributed by atoms with E-state index in [0.717, 1.165) is 35.2 Å². The van der Waals surface area contributed by atoms with Crippen molar-refractivity contribution in [3.05, 3.63) is 95.6 Å². The number of hydrogen-bond donors (Lipinski definition) is 2. The predicted octanol–water partition coefficient (Wildman–Crippen LogP) is 6.28. The lowest BCUT2D eigenvalue weighted by molar-refractivity contribution is -0.134. The summed E-state index contributed by atoms with van der Waals surface area (Å²) in [4.78, 5) is 15.6. The molecular formula is C34H44N6O4S. The Labute approximate surface area is 266 Å². The highest BCUT2D eigenvalue weighted by Gasteiger charge is 2.29. The molecule has 240 valence electrons. The second kappa shape index (κ2) is 14.6. The second-order valence-corrected chi connectivity index (χ2v) is 13.3. The molecule has 4 rings (SSSR count). The Kier molecular flexibility index (Phi) is 10.9. The summed E-state index contributed by atoms with van der Waals surface area (Å²) in [5.74, 6) is 0.301. The van der Waals surface area contributed by atoms with E-state index in [1.54, 1.807) is 42.9 Å². The van der Waals surface area contributed by atoms with E-state index < -0.39 is 10.0 Å². The third-order valence-electron chi connectivity index (χ3n) is 7.98. The van der Waals surface area contributed by atoms with Gasteiger partial charge >= 0.3 is 0 Å². The van der Waals surface area contributed by atoms with Crippen LogP contribution < -0.4 is 10.0 Å². The summed E-state index contributed by atoms with van der Waals surface area (Å²) in [5.41, 5.74) is 5.08. The first-order chi connectivity index (χ1) is 21.5. The Bertz CT molecular complexity index is 1730. The van der Waals surface area contributed by atoms with Crippen LogP contribution in [0.2, 0.25) is 0 Å². The van der Waals surface area contributed by atoms with Gasteiger partial charge in [0.15, 0.2) is 0 Å². The van der Waals surface area contributed by atoms with Gasteiger partial charge in [-0.05, 0) is 55.0 Å². The molecule has 0 saturated heterocycles. The summed E-state index contributed by atoms with van der Waals surface area (Å²) in [6.45, 7) is 14.8. The number of sulfonamides is 1. The molecule has 0 spiro atoms. The number of carbonyl (C=O) groups is 1. The molecule has 10 nitrogen and oxygen atoms in total. The van der Waals surface area contributed by atoms with Gasteiger partial charge in [-0.25, -0.2) is 13.1 Å². The van der Waals surface area contributed by atoms with Crippen LogP contribution >= 0.6 is 0 Å². The van der Waals surface area contributed by atoms with Crippen LogP contribution in [0.15, 0.2) is 82.6 Å². The summed E-state index contributed by atoms with van der Waals surface area (Å²) in [5, 5.41) is 11.5. The van der Waals surface area contributed by atoms with Crippen LogP contribution in [0.1, 0.15) is 62.4 Å². The lowest BCUT2D eigenvalue weighted by Crippen LogP contribution is -2.46. The molecule has 1 amide bonds. The molecule has 0 aliphatic carbocycles. The number of anilines is 1. The number of unbranched alkanes of at least 4 members (excludes halogenated alkanes) is 1. The SMILES string of the molecule is C=C(NC)C(C(C)C)N(Cc1ccc(-c2ccccc2S(=O)(=O)Nc2onc(C)c2C)c(Cn2cccn2)c1)C(=O)CCCC. The van der Waals surface area contributed by atoms with E-state index in [1.807, 2.05) is 48.5 Å². The number of aromatic nitrogens is 3. The van der Waals surface area contributed by atoms with Crippen LogP contribution in [0.5, 0.6) is 0 Å². The summed E-state index contributed by atoms with van der Waals surface area (Å²) in [6.07, 6.45) is 5.76. The molecule has 45 heavy (non-hydrogen) atoms. The average Bonchev–Trinajstić information content (AvgIpc) is 3.64. The van der Waals surface area contributed by atoms with Gasteiger partial charge in [0.1, 0.15) is 0 Å². The van der Waals surface area contributed by atoms with Crippen LogP contribution in [0.3, 0.4) is 0 Å². The van der Waals surface area contributed by atoms with E-state index in [0.29, 0.717) is 36.3 Å². The highest BCUT2D eigenvalue weighted by atomic mass is 32.2. The smallest absolute Gasteiger partial charge is 0.264 e. The number of carbonyl (C=O) groups excluding carboxylic acids is 1. The maximum absolute atomic E-state index is 13.7. The standard InChI is InChI=1S/C34H44N6O4S/c1-8-9-15-32(41)40(33(23(2)3)26(6)35-7)21-27-16-17-29(28(20-27)22-39-19-12-18-36-39)30-13-10-11-14-31(30)45(42,43)38-34-24(4)25(5)37-44-34/h10-14,16-20,23,33,35,38H,6,8-9,15,21-22H2,1-5,7H3. The van der Waals surface area contributed by atoms with E-state index in [1.165, 1.54) is 0 Å². The minimum atomic E-state index is -4.04. The first-order valence-corrected chi connectivity index (χ1v) is 16.7. The fraction of sp³-hybridized carbons (Fsp3) is 0.382. The zero-order valence-electron chi connectivity index (χ0n) is 27.0. The maximum atomic E-state index is 13.7. The van der Waals surface area contributed by atoms with E-state index in [-0.39, 0.29) is 28.6 Å². The predicted molar refractivity (Wildman–Crippen MR) is 177 cm³/mol. The molecule has 2 N–H and O–H groups in total. The van der Waals surface area contributed by atoms with Crippen molar-refractivity contribution < 1.29 is 17.7 Å². The van der Waals surface area contributed by atoms with Gasteiger partial charge in [-0.3, -0.25) is 9.48 Å². The van der Waals surface area contributed by atoms with Crippen molar-refractivity contribution in [1.29, 1.82) is 0 Å². The Morgan fingerprint density at radius 2 is 1.87 bits per heavy atom. The first-order valence-electron chi connectivity index (χ1n) is 15.3. The molecule has 2 heterocycles. The number of aryl methyl sites for hydroxylation is 1. The molecule has 0 aliphatic heterocycles. The van der Waals surface area contributed by atoms with Gasteiger partial charge < -0.3 is 14.7 Å². The number of hydrogen-bond acceptors (Lipinski definition) is 7. The van der Waals surface area contributed by atoms with Gasteiger partial charge in [-0.15, -0.1) is 0 Å². The van der Waals surface area contributed by atoms with Gasteiger partial charge in [-0.2, -0.15) is 5.10 Å². The third kappa shape index (κ3) is 7.83. The molecule has 2 aromatic heterocycles. The second-order valence-electron chi connectivity index (χ2n) is 11.6. The number of nitrogens with zero attached hydrogens (tertiary/aromatic N) is 4. The van der Waals surface area contributed by atoms with Gasteiger partial charge in [0.05, 0.1) is 23.2 Å². The Morgan fingerprint density at radius 3 is 2.49 bits per heavy atom. The molecule has 11 heteroatoms. The zero-order chi connectivity index (χ0) is 32.7.